The van der Waals surface area contributed by atoms with Gasteiger partial charge in [0.05, 0.1) is 19.3 Å². The van der Waals surface area contributed by atoms with E-state index in [0.717, 1.165) is 37.7 Å². The summed E-state index contributed by atoms with van der Waals surface area (Å²) in [5, 5.41) is 9.50. The second kappa shape index (κ2) is 11.6. The van der Waals surface area contributed by atoms with Gasteiger partial charge < -0.3 is 15.4 Å². The van der Waals surface area contributed by atoms with E-state index >= 15 is 0 Å². The molecule has 2 N–H and O–H groups in total. The molecule has 0 spiro atoms. The highest BCUT2D eigenvalue weighted by atomic mass is 16.5. The Morgan fingerprint density at radius 1 is 1.15 bits per heavy atom. The number of ether oxygens (including phenoxy) is 1. The highest BCUT2D eigenvalue weighted by molar-refractivity contribution is 6.42. The Hall–Kier alpha value is -3.16. The fourth-order valence-electron chi connectivity index (χ4n) is 4.01. The van der Waals surface area contributed by atoms with Crippen LogP contribution in [-0.2, 0) is 20.9 Å². The maximum atomic E-state index is 12.9. The van der Waals surface area contributed by atoms with Gasteiger partial charge in [-0.1, -0.05) is 63.4 Å². The number of nitrogens with one attached hydrogen (secondary N) is 2. The lowest BCUT2D eigenvalue weighted by Gasteiger charge is -2.40. The largest absolute Gasteiger partial charge is 0.449 e. The molecule has 2 amide bonds. The van der Waals surface area contributed by atoms with Gasteiger partial charge in [0.1, 0.15) is 11.9 Å². The number of hydrogen-bond acceptors (Lipinski definition) is 5. The Kier molecular flexibility index (Phi) is 8.63. The molecule has 3 rings (SSSR count). The molecule has 33 heavy (non-hydrogen) atoms. The van der Waals surface area contributed by atoms with Crippen LogP contribution in [0.5, 0.6) is 0 Å². The molecule has 0 saturated heterocycles. The predicted molar refractivity (Wildman–Crippen MR) is 126 cm³/mol. The zero-order valence-electron chi connectivity index (χ0n) is 19.5. The van der Waals surface area contributed by atoms with Gasteiger partial charge in [0.25, 0.3) is 5.91 Å². The van der Waals surface area contributed by atoms with Crippen LogP contribution in [0.4, 0.5) is 10.6 Å². The van der Waals surface area contributed by atoms with E-state index in [1.807, 2.05) is 37.3 Å². The Labute approximate surface area is 195 Å². The molecule has 1 aliphatic carbocycles. The number of Topliss-reactive ketones (excluding diaryl/α,β-unsaturated/α-hetero) is 1. The Morgan fingerprint density at radius 2 is 1.91 bits per heavy atom. The van der Waals surface area contributed by atoms with Crippen molar-refractivity contribution in [3.63, 3.8) is 0 Å². The summed E-state index contributed by atoms with van der Waals surface area (Å²) < 4.78 is 7.04. The van der Waals surface area contributed by atoms with E-state index in [4.69, 9.17) is 4.74 Å². The first-order valence-electron chi connectivity index (χ1n) is 11.8. The number of rotatable bonds is 12. The van der Waals surface area contributed by atoms with Gasteiger partial charge in [0.15, 0.2) is 0 Å². The number of aromatic nitrogens is 2. The molecule has 0 radical (unpaired) electrons. The molecule has 2 aromatic rings. The minimum absolute atomic E-state index is 0.0643. The number of carbonyl (C=O) groups excluding carboxylic acids is 3. The quantitative estimate of drug-likeness (QED) is 0.466. The zero-order valence-corrected chi connectivity index (χ0v) is 19.5. The lowest BCUT2D eigenvalue weighted by atomic mass is 9.68. The molecule has 8 nitrogen and oxygen atoms in total. The Morgan fingerprint density at radius 3 is 2.55 bits per heavy atom. The van der Waals surface area contributed by atoms with E-state index < -0.39 is 23.8 Å². The van der Waals surface area contributed by atoms with Crippen LogP contribution in [0.2, 0.25) is 0 Å². The van der Waals surface area contributed by atoms with Crippen LogP contribution in [0.25, 0.3) is 0 Å². The van der Waals surface area contributed by atoms with Crippen LogP contribution in [0, 0.1) is 5.41 Å². The fraction of sp³-hybridized carbons (Fsp3) is 0.520. The number of nitrogens with zero attached hydrogens (tertiary/aromatic N) is 2. The molecular weight excluding hydrogens is 420 g/mol. The van der Waals surface area contributed by atoms with Crippen molar-refractivity contribution in [1.82, 2.24) is 15.1 Å². The average Bonchev–Trinajstić information content (AvgIpc) is 3.22. The van der Waals surface area contributed by atoms with Crippen molar-refractivity contribution in [2.45, 2.75) is 71.4 Å². The lowest BCUT2D eigenvalue weighted by molar-refractivity contribution is -0.136. The van der Waals surface area contributed by atoms with Crippen LogP contribution in [0.15, 0.2) is 42.6 Å². The zero-order chi connectivity index (χ0) is 23.7. The van der Waals surface area contributed by atoms with Gasteiger partial charge in [-0.2, -0.15) is 5.10 Å². The van der Waals surface area contributed by atoms with E-state index in [9.17, 15) is 14.4 Å². The van der Waals surface area contributed by atoms with Gasteiger partial charge in [0.2, 0.25) is 5.78 Å². The summed E-state index contributed by atoms with van der Waals surface area (Å²) in [5.74, 6) is -1.05. The molecular formula is C25H34N4O4. The minimum Gasteiger partial charge on any atom is -0.449 e. The van der Waals surface area contributed by atoms with Crippen molar-refractivity contribution >= 4 is 23.6 Å². The average molecular weight is 455 g/mol. The molecule has 1 fully saturated rings. The van der Waals surface area contributed by atoms with Gasteiger partial charge in [-0.05, 0) is 31.2 Å². The van der Waals surface area contributed by atoms with Crippen molar-refractivity contribution in [2.24, 2.45) is 5.41 Å². The predicted octanol–water partition coefficient (Wildman–Crippen LogP) is 4.30. The van der Waals surface area contributed by atoms with Gasteiger partial charge in [-0.25, -0.2) is 9.48 Å². The molecule has 178 valence electrons. The van der Waals surface area contributed by atoms with Crippen LogP contribution < -0.4 is 10.6 Å². The molecule has 8 heteroatoms. The van der Waals surface area contributed by atoms with Gasteiger partial charge in [-0.3, -0.25) is 9.59 Å². The van der Waals surface area contributed by atoms with E-state index in [-0.39, 0.29) is 5.41 Å². The summed E-state index contributed by atoms with van der Waals surface area (Å²) in [6.45, 7) is 4.89. The third kappa shape index (κ3) is 6.66. The number of anilines is 1. The molecule has 1 saturated carbocycles. The Bertz CT molecular complexity index is 931. The van der Waals surface area contributed by atoms with Crippen LogP contribution in [0.1, 0.15) is 64.4 Å². The molecule has 1 atom stereocenters. The number of alkyl carbamates (subject to hydrolysis) is 1. The summed E-state index contributed by atoms with van der Waals surface area (Å²) in [7, 11) is 0. The molecule has 1 aromatic heterocycles. The summed E-state index contributed by atoms with van der Waals surface area (Å²) in [4.78, 5) is 38.0. The number of hydrogen-bond donors (Lipinski definition) is 2. The molecule has 0 unspecified atom stereocenters. The number of ketones is 1. The molecule has 1 heterocycles. The van der Waals surface area contributed by atoms with E-state index in [1.165, 1.54) is 0 Å². The molecule has 1 aliphatic rings. The monoisotopic (exact) mass is 454 g/mol. The second-order valence-corrected chi connectivity index (χ2v) is 8.80. The summed E-state index contributed by atoms with van der Waals surface area (Å²) in [6, 6.07) is 10.4. The van der Waals surface area contributed by atoms with Crippen molar-refractivity contribution in [2.75, 3.05) is 11.9 Å². The van der Waals surface area contributed by atoms with Crippen molar-refractivity contribution in [1.29, 1.82) is 0 Å². The number of unbranched alkanes of at least 4 members (excludes halogenated alkanes) is 1. The van der Waals surface area contributed by atoms with Crippen LogP contribution in [0.3, 0.4) is 0 Å². The number of carbonyl (C=O) groups is 3. The van der Waals surface area contributed by atoms with Gasteiger partial charge in [-0.15, -0.1) is 0 Å². The minimum atomic E-state index is -0.929. The fourth-order valence-corrected chi connectivity index (χ4v) is 4.01. The maximum Gasteiger partial charge on any atom is 0.407 e. The standard InChI is InChI=1S/C25H34N4O4/c1-3-5-12-20(27-24(32)33-18-25(4-2)14-9-15-25)22(30)23(31)28-21-13-16-26-29(21)17-19-10-7-6-8-11-19/h6-8,10-11,13,16,20H,3-5,9,12,14-15,17-18H2,1-2H3,(H,27,32)(H,28,31)/t20-/m0/s1. The number of benzene rings is 1. The summed E-state index contributed by atoms with van der Waals surface area (Å²) in [6.07, 6.45) is 7.04. The van der Waals surface area contributed by atoms with Crippen molar-refractivity contribution in [3.8, 4) is 0 Å². The first-order chi connectivity index (χ1) is 16.0. The van der Waals surface area contributed by atoms with Crippen molar-refractivity contribution < 1.29 is 19.1 Å². The van der Waals surface area contributed by atoms with Gasteiger partial charge in [0, 0.05) is 11.5 Å². The smallest absolute Gasteiger partial charge is 0.407 e. The van der Waals surface area contributed by atoms with Gasteiger partial charge >= 0.3 is 6.09 Å². The first-order valence-corrected chi connectivity index (χ1v) is 11.8. The summed E-state index contributed by atoms with van der Waals surface area (Å²) in [5.41, 5.74) is 1.08. The second-order valence-electron chi connectivity index (χ2n) is 8.80. The first kappa shape index (κ1) is 24.5. The maximum absolute atomic E-state index is 12.9. The highest BCUT2D eigenvalue weighted by Crippen LogP contribution is 2.43. The third-order valence-corrected chi connectivity index (χ3v) is 6.49. The molecule has 0 aliphatic heterocycles. The van der Waals surface area contributed by atoms with E-state index in [1.54, 1.807) is 16.9 Å². The highest BCUT2D eigenvalue weighted by Gasteiger charge is 2.37. The van der Waals surface area contributed by atoms with E-state index in [2.05, 4.69) is 22.7 Å². The number of amides is 2. The van der Waals surface area contributed by atoms with Crippen LogP contribution >= 0.6 is 0 Å². The third-order valence-electron chi connectivity index (χ3n) is 6.49. The molecule has 0 bridgehead atoms. The Balaban J connectivity index is 1.59. The van der Waals surface area contributed by atoms with E-state index in [0.29, 0.717) is 31.8 Å². The summed E-state index contributed by atoms with van der Waals surface area (Å²) >= 11 is 0. The normalized spacial score (nSPS) is 15.2. The van der Waals surface area contributed by atoms with Crippen LogP contribution in [-0.4, -0.2) is 40.2 Å². The lowest BCUT2D eigenvalue weighted by Crippen LogP contribution is -2.47. The SMILES string of the molecule is CCCC[C@H](NC(=O)OCC1(CC)CCC1)C(=O)C(=O)Nc1ccnn1Cc1ccccc1. The molecule has 1 aromatic carbocycles. The van der Waals surface area contributed by atoms with Crippen molar-refractivity contribution in [3.05, 3.63) is 48.2 Å². The topological polar surface area (TPSA) is 102 Å².